The van der Waals surface area contributed by atoms with Crippen LogP contribution in [0.5, 0.6) is 0 Å². The fourth-order valence-corrected chi connectivity index (χ4v) is 3.64. The molecule has 1 aliphatic heterocycles. The molecule has 7 heteroatoms. The molecule has 1 aromatic carbocycles. The Morgan fingerprint density at radius 3 is 2.64 bits per heavy atom. The van der Waals surface area contributed by atoms with Gasteiger partial charge in [0.05, 0.1) is 11.7 Å². The highest BCUT2D eigenvalue weighted by molar-refractivity contribution is 5.99. The number of likely N-dealkylation sites (N-methyl/N-ethyl adjacent to an activating group) is 1. The summed E-state index contributed by atoms with van der Waals surface area (Å²) >= 11 is 0. The molecule has 3 rings (SSSR count). The number of β-amino-alcohol motifs (C(OH)–C–C–N with tert-alkyl or cyclic N) is 1. The number of nitrogens with zero attached hydrogens (tertiary/aromatic N) is 4. The van der Waals surface area contributed by atoms with Gasteiger partial charge in [0.1, 0.15) is 24.0 Å². The minimum atomic E-state index is -1.28. The van der Waals surface area contributed by atoms with Gasteiger partial charge in [-0.15, -0.1) is 0 Å². The molecule has 1 amide bonds. The Morgan fingerprint density at radius 2 is 2.00 bits per heavy atom. The van der Waals surface area contributed by atoms with Gasteiger partial charge < -0.3 is 20.0 Å². The van der Waals surface area contributed by atoms with Crippen LogP contribution in [-0.4, -0.2) is 52.9 Å². The van der Waals surface area contributed by atoms with Crippen molar-refractivity contribution in [3.63, 3.8) is 0 Å². The van der Waals surface area contributed by atoms with Gasteiger partial charge in [0.25, 0.3) is 5.91 Å². The lowest BCUT2D eigenvalue weighted by Crippen LogP contribution is -2.50. The van der Waals surface area contributed by atoms with Gasteiger partial charge in [0.15, 0.2) is 0 Å². The Bertz CT molecular complexity index is 953. The number of pyridine rings is 1. The van der Waals surface area contributed by atoms with E-state index in [1.54, 1.807) is 31.9 Å². The van der Waals surface area contributed by atoms with Crippen molar-refractivity contribution < 1.29 is 15.0 Å². The van der Waals surface area contributed by atoms with Gasteiger partial charge in [-0.2, -0.15) is 5.26 Å². The van der Waals surface area contributed by atoms with E-state index in [0.717, 1.165) is 11.1 Å². The number of aliphatic hydroxyl groups is 2. The number of hydrogen-bond donors (Lipinski definition) is 2. The Hall–Kier alpha value is -2.95. The number of aromatic nitrogens is 1. The monoisotopic (exact) mass is 380 g/mol. The van der Waals surface area contributed by atoms with Gasteiger partial charge in [-0.3, -0.25) is 4.79 Å². The first-order valence-electron chi connectivity index (χ1n) is 9.10. The van der Waals surface area contributed by atoms with E-state index in [-0.39, 0.29) is 12.5 Å². The second-order valence-electron chi connectivity index (χ2n) is 7.28. The van der Waals surface area contributed by atoms with Crippen LogP contribution in [0.4, 0.5) is 11.5 Å². The predicted molar refractivity (Wildman–Crippen MR) is 106 cm³/mol. The number of nitriles is 1. The molecule has 3 unspecified atom stereocenters. The van der Waals surface area contributed by atoms with Gasteiger partial charge in [-0.25, -0.2) is 4.98 Å². The highest BCUT2D eigenvalue weighted by Gasteiger charge is 2.47. The smallest absolute Gasteiger partial charge is 0.252 e. The number of hydrogen-bond acceptors (Lipinski definition) is 6. The molecule has 7 nitrogen and oxygen atoms in total. The molecular formula is C21H24N4O3. The van der Waals surface area contributed by atoms with Crippen molar-refractivity contribution in [1.82, 2.24) is 4.98 Å². The van der Waals surface area contributed by atoms with Crippen LogP contribution in [0.15, 0.2) is 30.3 Å². The Labute approximate surface area is 164 Å². The predicted octanol–water partition coefficient (Wildman–Crippen LogP) is 1.45. The van der Waals surface area contributed by atoms with Crippen LogP contribution >= 0.6 is 0 Å². The molecule has 1 aliphatic rings. The topological polar surface area (TPSA) is 101 Å². The minimum absolute atomic E-state index is 0.0177. The number of carbonyl (C=O) groups excluding carboxylic acids is 1. The van der Waals surface area contributed by atoms with Crippen molar-refractivity contribution in [2.75, 3.05) is 23.4 Å². The molecule has 3 atom stereocenters. The van der Waals surface area contributed by atoms with E-state index in [1.807, 2.05) is 31.2 Å². The van der Waals surface area contributed by atoms with E-state index in [0.29, 0.717) is 22.8 Å². The number of rotatable bonds is 3. The number of aliphatic hydroxyl groups excluding tert-OH is 2. The van der Waals surface area contributed by atoms with E-state index in [4.69, 9.17) is 0 Å². The number of aryl methyl sites for hydroxylation is 3. The minimum Gasteiger partial charge on any atom is -0.388 e. The highest BCUT2D eigenvalue weighted by atomic mass is 16.3. The lowest BCUT2D eigenvalue weighted by Gasteiger charge is -2.30. The summed E-state index contributed by atoms with van der Waals surface area (Å²) in [6.45, 7) is 5.55. The van der Waals surface area contributed by atoms with E-state index < -0.39 is 18.2 Å². The van der Waals surface area contributed by atoms with Gasteiger partial charge >= 0.3 is 0 Å². The van der Waals surface area contributed by atoms with Crippen LogP contribution in [0.3, 0.4) is 0 Å². The van der Waals surface area contributed by atoms with Crippen LogP contribution < -0.4 is 9.80 Å². The number of carbonyl (C=O) groups is 1. The van der Waals surface area contributed by atoms with Crippen molar-refractivity contribution in [2.45, 2.75) is 39.0 Å². The molecule has 2 N–H and O–H groups in total. The number of benzene rings is 1. The summed E-state index contributed by atoms with van der Waals surface area (Å²) in [5.41, 5.74) is 3.46. The van der Waals surface area contributed by atoms with Crippen molar-refractivity contribution in [3.05, 3.63) is 52.7 Å². The van der Waals surface area contributed by atoms with Crippen LogP contribution in [0.25, 0.3) is 0 Å². The zero-order valence-electron chi connectivity index (χ0n) is 16.4. The fourth-order valence-electron chi connectivity index (χ4n) is 3.64. The van der Waals surface area contributed by atoms with E-state index in [2.05, 4.69) is 11.1 Å². The van der Waals surface area contributed by atoms with E-state index >= 15 is 0 Å². The quantitative estimate of drug-likeness (QED) is 0.836. The summed E-state index contributed by atoms with van der Waals surface area (Å²) < 4.78 is 0. The maximum atomic E-state index is 13.3. The number of anilines is 2. The highest BCUT2D eigenvalue weighted by Crippen LogP contribution is 2.31. The third-order valence-corrected chi connectivity index (χ3v) is 5.12. The summed E-state index contributed by atoms with van der Waals surface area (Å²) in [7, 11) is 1.63. The molecule has 0 aliphatic carbocycles. The molecule has 0 saturated carbocycles. The fraction of sp³-hybridized carbons (Fsp3) is 0.381. The summed E-state index contributed by atoms with van der Waals surface area (Å²) in [5, 5.41) is 30.4. The molecule has 0 spiro atoms. The second kappa shape index (κ2) is 7.58. The molecule has 2 heterocycles. The van der Waals surface area contributed by atoms with E-state index in [9.17, 15) is 20.3 Å². The average molecular weight is 380 g/mol. The Balaban J connectivity index is 2.03. The molecule has 0 radical (unpaired) electrons. The van der Waals surface area contributed by atoms with Crippen molar-refractivity contribution >= 4 is 17.4 Å². The summed E-state index contributed by atoms with van der Waals surface area (Å²) in [6, 6.07) is 10.3. The van der Waals surface area contributed by atoms with Crippen LogP contribution in [0, 0.1) is 32.1 Å². The average Bonchev–Trinajstić information content (AvgIpc) is 2.94. The molecule has 0 bridgehead atoms. The molecule has 28 heavy (non-hydrogen) atoms. The van der Waals surface area contributed by atoms with Gasteiger partial charge in [0, 0.05) is 25.0 Å². The maximum Gasteiger partial charge on any atom is 0.252 e. The Morgan fingerprint density at radius 1 is 1.29 bits per heavy atom. The van der Waals surface area contributed by atoms with Crippen molar-refractivity contribution in [3.8, 4) is 6.07 Å². The third-order valence-electron chi connectivity index (χ3n) is 5.12. The number of amides is 1. The van der Waals surface area contributed by atoms with Gasteiger partial charge in [-0.1, -0.05) is 12.1 Å². The first-order chi connectivity index (χ1) is 13.2. The standard InChI is InChI=1S/C21H24N4O3/c1-12-6-5-7-15(8-12)24(4)21(28)18-19(27)17(26)11-25(18)20-16(10-22)13(2)9-14(3)23-20/h5-9,17-19,26-27H,11H2,1-4H3. The van der Waals surface area contributed by atoms with Crippen LogP contribution in [0.1, 0.15) is 22.4 Å². The van der Waals surface area contributed by atoms with Crippen LogP contribution in [-0.2, 0) is 4.79 Å². The summed E-state index contributed by atoms with van der Waals surface area (Å²) in [6.07, 6.45) is -2.40. The lowest BCUT2D eigenvalue weighted by molar-refractivity contribution is -0.122. The lowest BCUT2D eigenvalue weighted by atomic mass is 10.1. The zero-order chi connectivity index (χ0) is 20.6. The maximum absolute atomic E-state index is 13.3. The molecule has 1 aromatic heterocycles. The summed E-state index contributed by atoms with van der Waals surface area (Å²) in [5.74, 6) is -0.0638. The van der Waals surface area contributed by atoms with Crippen molar-refractivity contribution in [2.24, 2.45) is 0 Å². The Kier molecular flexibility index (Phi) is 5.36. The van der Waals surface area contributed by atoms with Crippen LogP contribution in [0.2, 0.25) is 0 Å². The van der Waals surface area contributed by atoms with Gasteiger partial charge in [-0.05, 0) is 50.1 Å². The molecular weight excluding hydrogens is 356 g/mol. The molecule has 146 valence electrons. The third kappa shape index (κ3) is 3.44. The van der Waals surface area contributed by atoms with E-state index in [1.165, 1.54) is 4.90 Å². The molecule has 2 aromatic rings. The van der Waals surface area contributed by atoms with Crippen molar-refractivity contribution in [1.29, 1.82) is 5.26 Å². The van der Waals surface area contributed by atoms with Gasteiger partial charge in [0.2, 0.25) is 0 Å². The zero-order valence-corrected chi connectivity index (χ0v) is 16.4. The molecule has 1 saturated heterocycles. The molecule has 1 fully saturated rings. The SMILES string of the molecule is Cc1cccc(N(C)C(=O)C2C(O)C(O)CN2c2nc(C)cc(C)c2C#N)c1. The largest absolute Gasteiger partial charge is 0.388 e. The first kappa shape index (κ1) is 19.8. The normalized spacial score (nSPS) is 21.5. The second-order valence-corrected chi connectivity index (χ2v) is 7.28. The summed E-state index contributed by atoms with van der Waals surface area (Å²) in [4.78, 5) is 20.7. The first-order valence-corrected chi connectivity index (χ1v) is 9.10.